The molecule has 4 rings (SSSR count). The minimum Gasteiger partial charge on any atom is -0.504 e. The highest BCUT2D eigenvalue weighted by Gasteiger charge is 2.26. The molecular weight excluding hydrogens is 618 g/mol. The Bertz CT molecular complexity index is 1170. The Hall–Kier alpha value is -1.39. The molecule has 1 heterocycles. The predicted molar refractivity (Wildman–Crippen MR) is 166 cm³/mol. The minimum atomic E-state index is -0.000456. The average molecular weight is 660 g/mol. The van der Waals surface area contributed by atoms with Crippen LogP contribution in [0.4, 0.5) is 0 Å². The van der Waals surface area contributed by atoms with E-state index in [1.807, 2.05) is 12.1 Å². The Kier molecular flexibility index (Phi) is 13.7. The van der Waals surface area contributed by atoms with Gasteiger partial charge in [0, 0.05) is 11.6 Å². The topological polar surface area (TPSA) is 88.6 Å². The van der Waals surface area contributed by atoms with Crippen molar-refractivity contribution in [2.75, 3.05) is 26.2 Å². The number of rotatable bonds is 13. The Morgan fingerprint density at radius 1 is 1.05 bits per heavy atom. The lowest BCUT2D eigenvalue weighted by Gasteiger charge is -2.35. The first-order valence-corrected chi connectivity index (χ1v) is 14.0. The quantitative estimate of drug-likeness (QED) is 0.131. The molecule has 0 saturated carbocycles. The van der Waals surface area contributed by atoms with Gasteiger partial charge in [-0.3, -0.25) is 4.79 Å². The molecule has 6 nitrogen and oxygen atoms in total. The Labute approximate surface area is 245 Å². The number of aromatic hydroxyl groups is 2. The van der Waals surface area contributed by atoms with Gasteiger partial charge in [-0.15, -0.1) is 34.0 Å². The van der Waals surface area contributed by atoms with Gasteiger partial charge in [-0.1, -0.05) is 43.2 Å². The number of H-pyrrole nitrogens is 1. The number of hydrogen-bond acceptors (Lipinski definition) is 6. The van der Waals surface area contributed by atoms with E-state index < -0.39 is 0 Å². The molecule has 0 bridgehead atoms. The third kappa shape index (κ3) is 8.82. The average Bonchev–Trinajstić information content (AvgIpc) is 3.23. The third-order valence-electron chi connectivity index (χ3n) is 7.19. The predicted octanol–water partition coefficient (Wildman–Crippen LogP) is 6.12. The van der Waals surface area contributed by atoms with Crippen LogP contribution < -0.4 is 10.2 Å². The fourth-order valence-corrected chi connectivity index (χ4v) is 6.03. The molecule has 1 aliphatic rings. The van der Waals surface area contributed by atoms with Gasteiger partial charge in [-0.25, -0.2) is 0 Å². The number of fused-ring (bicyclic) bond motifs is 2. The maximum Gasteiger partial charge on any atom is 0.305 e. The zero-order chi connectivity index (χ0) is 24.6. The number of aromatic nitrogens is 1. The van der Waals surface area contributed by atoms with Crippen molar-refractivity contribution in [3.8, 4) is 11.5 Å². The lowest BCUT2D eigenvalue weighted by atomic mass is 9.86. The van der Waals surface area contributed by atoms with Gasteiger partial charge in [0.1, 0.15) is 0 Å². The summed E-state index contributed by atoms with van der Waals surface area (Å²) in [6.45, 7) is 6.51. The molecule has 0 fully saturated rings. The highest BCUT2D eigenvalue weighted by molar-refractivity contribution is 8.93. The van der Waals surface area contributed by atoms with Gasteiger partial charge in [-0.05, 0) is 100 Å². The molecule has 0 aliphatic heterocycles. The number of phenolic OH excluding ortho intramolecular Hbond substituents is 2. The molecule has 0 unspecified atom stereocenters. The van der Waals surface area contributed by atoms with Crippen molar-refractivity contribution in [1.82, 2.24) is 15.2 Å². The van der Waals surface area contributed by atoms with Gasteiger partial charge in [0.05, 0.1) is 10.2 Å². The number of nitrogens with zero attached hydrogens (tertiary/aromatic N) is 1. The van der Waals surface area contributed by atoms with Gasteiger partial charge in [0.25, 0.3) is 0 Å². The molecule has 9 heteroatoms. The van der Waals surface area contributed by atoms with Crippen LogP contribution in [-0.4, -0.2) is 52.3 Å². The summed E-state index contributed by atoms with van der Waals surface area (Å²) in [7, 11) is 0. The van der Waals surface area contributed by atoms with Crippen LogP contribution in [0, 0.1) is 0 Å². The molecule has 206 valence electrons. The number of aromatic amines is 1. The van der Waals surface area contributed by atoms with Gasteiger partial charge < -0.3 is 25.4 Å². The maximum absolute atomic E-state index is 11.5. The van der Waals surface area contributed by atoms with E-state index in [0.29, 0.717) is 6.04 Å². The standard InChI is InChI=1S/C28H39N3O3S.2BrH/c1-2-16-31(22-9-10-23-21(19-22)8-11-25(32)27(23)33)17-6-4-3-5-14-29-15-13-20-7-12-26-24(18-20)30-28(34)35-26;;/h7-8,11-12,18,22,29,32-33H,2-6,9-10,13-17,19H2,1H3,(H,30,34);2*1H/t22-;;/m0../s1. The summed E-state index contributed by atoms with van der Waals surface area (Å²) in [5.41, 5.74) is 4.33. The van der Waals surface area contributed by atoms with E-state index in [1.54, 1.807) is 6.07 Å². The number of halogens is 2. The number of phenols is 2. The fourth-order valence-electron chi connectivity index (χ4n) is 5.31. The highest BCUT2D eigenvalue weighted by Crippen LogP contribution is 2.36. The largest absolute Gasteiger partial charge is 0.504 e. The number of nitrogens with one attached hydrogen (secondary N) is 2. The molecule has 0 radical (unpaired) electrons. The number of unbranched alkanes of at least 4 members (excludes halogenated alkanes) is 3. The first-order valence-electron chi connectivity index (χ1n) is 13.1. The number of thiazole rings is 1. The van der Waals surface area contributed by atoms with E-state index in [1.165, 1.54) is 48.1 Å². The Morgan fingerprint density at radius 2 is 1.86 bits per heavy atom. The first kappa shape index (κ1) is 31.8. The van der Waals surface area contributed by atoms with E-state index >= 15 is 0 Å². The summed E-state index contributed by atoms with van der Waals surface area (Å²) in [6, 6.07) is 10.4. The van der Waals surface area contributed by atoms with Crippen LogP contribution in [0.1, 0.15) is 62.1 Å². The van der Waals surface area contributed by atoms with Gasteiger partial charge in [0.15, 0.2) is 11.5 Å². The van der Waals surface area contributed by atoms with Crippen LogP contribution in [0.5, 0.6) is 11.5 Å². The Morgan fingerprint density at radius 3 is 2.68 bits per heavy atom. The number of benzene rings is 2. The molecular formula is C28H41Br2N3O3S. The zero-order valence-electron chi connectivity index (χ0n) is 21.6. The van der Waals surface area contributed by atoms with Crippen LogP contribution >= 0.6 is 45.3 Å². The SMILES string of the molecule is Br.Br.CCCN(CCCCCCNCCc1ccc2sc(=O)[nH]c2c1)[C@H]1CCc2c(ccc(O)c2O)C1. The van der Waals surface area contributed by atoms with Crippen LogP contribution in [0.15, 0.2) is 35.1 Å². The van der Waals surface area contributed by atoms with Crippen molar-refractivity contribution < 1.29 is 10.2 Å². The van der Waals surface area contributed by atoms with Crippen LogP contribution in [0.2, 0.25) is 0 Å². The van der Waals surface area contributed by atoms with Crippen molar-refractivity contribution in [1.29, 1.82) is 0 Å². The molecule has 0 amide bonds. The molecule has 4 N–H and O–H groups in total. The van der Waals surface area contributed by atoms with E-state index in [2.05, 4.69) is 34.3 Å². The molecule has 0 spiro atoms. The van der Waals surface area contributed by atoms with Crippen LogP contribution in [0.3, 0.4) is 0 Å². The summed E-state index contributed by atoms with van der Waals surface area (Å²) < 4.78 is 1.03. The summed E-state index contributed by atoms with van der Waals surface area (Å²) in [4.78, 5) is 17.0. The highest BCUT2D eigenvalue weighted by atomic mass is 79.9. The smallest absolute Gasteiger partial charge is 0.305 e. The van der Waals surface area contributed by atoms with Crippen LogP contribution in [0.25, 0.3) is 10.2 Å². The Balaban J connectivity index is 0.00000241. The zero-order valence-corrected chi connectivity index (χ0v) is 25.9. The summed E-state index contributed by atoms with van der Waals surface area (Å²) >= 11 is 1.27. The van der Waals surface area contributed by atoms with Crippen molar-refractivity contribution in [3.05, 3.63) is 56.7 Å². The van der Waals surface area contributed by atoms with E-state index in [-0.39, 0.29) is 50.3 Å². The van der Waals surface area contributed by atoms with E-state index in [4.69, 9.17) is 0 Å². The molecule has 2 aromatic carbocycles. The second-order valence-electron chi connectivity index (χ2n) is 9.76. The van der Waals surface area contributed by atoms with Gasteiger partial charge in [0.2, 0.25) is 0 Å². The lowest BCUT2D eigenvalue weighted by Crippen LogP contribution is -2.40. The monoisotopic (exact) mass is 657 g/mol. The summed E-state index contributed by atoms with van der Waals surface area (Å²) in [6.07, 6.45) is 9.90. The first-order chi connectivity index (χ1) is 17.0. The van der Waals surface area contributed by atoms with Gasteiger partial charge in [-0.2, -0.15) is 0 Å². The molecule has 1 atom stereocenters. The molecule has 0 saturated heterocycles. The van der Waals surface area contributed by atoms with Gasteiger partial charge >= 0.3 is 4.87 Å². The van der Waals surface area contributed by atoms with Crippen LogP contribution in [-0.2, 0) is 19.3 Å². The second-order valence-corrected chi connectivity index (χ2v) is 10.8. The van der Waals surface area contributed by atoms with E-state index in [0.717, 1.165) is 74.1 Å². The molecule has 1 aromatic heterocycles. The van der Waals surface area contributed by atoms with Crippen molar-refractivity contribution in [3.63, 3.8) is 0 Å². The summed E-state index contributed by atoms with van der Waals surface area (Å²) in [5.74, 6) is 0.0796. The van der Waals surface area contributed by atoms with Crippen molar-refractivity contribution in [2.24, 2.45) is 0 Å². The number of hydrogen-bond donors (Lipinski definition) is 4. The lowest BCUT2D eigenvalue weighted by molar-refractivity contribution is 0.175. The molecule has 3 aromatic rings. The van der Waals surface area contributed by atoms with E-state index in [9.17, 15) is 15.0 Å². The normalized spacial score (nSPS) is 14.8. The van der Waals surface area contributed by atoms with Crippen molar-refractivity contribution >= 4 is 55.5 Å². The fraction of sp³-hybridized carbons (Fsp3) is 0.536. The maximum atomic E-state index is 11.5. The molecule has 1 aliphatic carbocycles. The second kappa shape index (κ2) is 15.9. The summed E-state index contributed by atoms with van der Waals surface area (Å²) in [5, 5.41) is 23.5. The molecule has 37 heavy (non-hydrogen) atoms. The minimum absolute atomic E-state index is 0. The third-order valence-corrected chi connectivity index (χ3v) is 8.05. The van der Waals surface area contributed by atoms with Crippen molar-refractivity contribution in [2.45, 2.75) is 70.8 Å².